The first-order chi connectivity index (χ1) is 9.43. The summed E-state index contributed by atoms with van der Waals surface area (Å²) in [6, 6.07) is 6.38. The van der Waals surface area contributed by atoms with Crippen molar-refractivity contribution in [2.75, 3.05) is 12.0 Å². The van der Waals surface area contributed by atoms with Gasteiger partial charge in [-0.15, -0.1) is 0 Å². The molecule has 0 radical (unpaired) electrons. The first-order valence-electron chi connectivity index (χ1n) is 5.87. The maximum atomic E-state index is 11.9. The zero-order chi connectivity index (χ0) is 14.9. The van der Waals surface area contributed by atoms with Crippen molar-refractivity contribution >= 4 is 28.5 Å². The molecule has 6 heteroatoms. The van der Waals surface area contributed by atoms with Crippen LogP contribution in [0.2, 0.25) is 0 Å². The molecule has 1 aromatic carbocycles. The fourth-order valence-electron chi connectivity index (χ4n) is 1.92. The summed E-state index contributed by atoms with van der Waals surface area (Å²) in [5.74, 6) is -0.543. The lowest BCUT2D eigenvalue weighted by Gasteiger charge is -2.15. The average molecular weight is 275 g/mol. The zero-order valence-corrected chi connectivity index (χ0v) is 11.3. The molecule has 0 fully saturated rings. The highest BCUT2D eigenvalue weighted by Crippen LogP contribution is 2.23. The van der Waals surface area contributed by atoms with Gasteiger partial charge in [0.25, 0.3) is 0 Å². The van der Waals surface area contributed by atoms with Crippen LogP contribution < -0.4 is 15.3 Å². The summed E-state index contributed by atoms with van der Waals surface area (Å²) in [6.07, 6.45) is 0. The van der Waals surface area contributed by atoms with Crippen molar-refractivity contribution in [3.05, 3.63) is 34.7 Å². The third kappa shape index (κ3) is 2.40. The van der Waals surface area contributed by atoms with Gasteiger partial charge in [0.1, 0.15) is 17.0 Å². The number of hydrogen-bond donors (Lipinski definition) is 0. The summed E-state index contributed by atoms with van der Waals surface area (Å²) >= 11 is 0. The number of imide groups is 1. The van der Waals surface area contributed by atoms with Gasteiger partial charge in [0.15, 0.2) is 0 Å². The van der Waals surface area contributed by atoms with Crippen LogP contribution in [0.3, 0.4) is 0 Å². The van der Waals surface area contributed by atoms with E-state index in [0.29, 0.717) is 16.7 Å². The minimum atomic E-state index is -0.754. The van der Waals surface area contributed by atoms with Gasteiger partial charge in [-0.1, -0.05) is 0 Å². The Morgan fingerprint density at radius 1 is 1.15 bits per heavy atom. The van der Waals surface area contributed by atoms with Gasteiger partial charge < -0.3 is 9.15 Å². The van der Waals surface area contributed by atoms with Crippen LogP contribution in [-0.2, 0) is 9.59 Å². The smallest absolute Gasteiger partial charge is 0.360 e. The molecule has 0 saturated carbocycles. The Bertz CT molecular complexity index is 733. The molecule has 0 aliphatic rings. The van der Waals surface area contributed by atoms with Crippen LogP contribution in [0, 0.1) is 0 Å². The zero-order valence-electron chi connectivity index (χ0n) is 11.3. The highest BCUT2D eigenvalue weighted by molar-refractivity contribution is 6.13. The summed E-state index contributed by atoms with van der Waals surface area (Å²) in [6.45, 7) is 2.41. The van der Waals surface area contributed by atoms with Crippen LogP contribution in [0.15, 0.2) is 33.5 Å². The SMILES string of the molecule is COc1ccc2cc(N(C(C)=O)C(C)=O)c(=O)oc2c1. The van der Waals surface area contributed by atoms with Gasteiger partial charge in [0.2, 0.25) is 11.8 Å². The van der Waals surface area contributed by atoms with Crippen molar-refractivity contribution in [2.24, 2.45) is 0 Å². The summed E-state index contributed by atoms with van der Waals surface area (Å²) in [5, 5.41) is 0.591. The van der Waals surface area contributed by atoms with Crippen molar-refractivity contribution < 1.29 is 18.7 Å². The third-order valence-electron chi connectivity index (χ3n) is 2.80. The molecule has 0 bridgehead atoms. The molecule has 0 N–H and O–H groups in total. The van der Waals surface area contributed by atoms with Crippen LogP contribution in [0.4, 0.5) is 5.69 Å². The minimum Gasteiger partial charge on any atom is -0.497 e. The molecule has 2 rings (SSSR count). The van der Waals surface area contributed by atoms with Crippen LogP contribution >= 0.6 is 0 Å². The molecule has 104 valence electrons. The van der Waals surface area contributed by atoms with Gasteiger partial charge in [0.05, 0.1) is 7.11 Å². The molecule has 1 aromatic heterocycles. The molecule has 0 atom stereocenters. The third-order valence-corrected chi connectivity index (χ3v) is 2.80. The van der Waals surface area contributed by atoms with Crippen LogP contribution in [0.5, 0.6) is 5.75 Å². The van der Waals surface area contributed by atoms with Crippen LogP contribution in [0.1, 0.15) is 13.8 Å². The maximum Gasteiger partial charge on any atom is 0.360 e. The Labute approximate surface area is 114 Å². The number of ether oxygens (including phenoxy) is 1. The molecule has 0 unspecified atom stereocenters. The Morgan fingerprint density at radius 3 is 2.35 bits per heavy atom. The molecule has 0 aliphatic carbocycles. The van der Waals surface area contributed by atoms with Gasteiger partial charge in [0, 0.05) is 25.3 Å². The Hall–Kier alpha value is -2.63. The van der Waals surface area contributed by atoms with E-state index in [4.69, 9.17) is 9.15 Å². The number of fused-ring (bicyclic) bond motifs is 1. The molecule has 20 heavy (non-hydrogen) atoms. The lowest BCUT2D eigenvalue weighted by atomic mass is 10.2. The van der Waals surface area contributed by atoms with E-state index in [-0.39, 0.29) is 5.69 Å². The van der Waals surface area contributed by atoms with E-state index in [1.165, 1.54) is 27.0 Å². The summed E-state index contributed by atoms with van der Waals surface area (Å²) in [7, 11) is 1.50. The topological polar surface area (TPSA) is 76.8 Å². The standard InChI is InChI=1S/C14H13NO5/c1-8(16)15(9(2)17)12-6-10-4-5-11(19-3)7-13(10)20-14(12)18/h4-7H,1-3H3. The summed E-state index contributed by atoms with van der Waals surface area (Å²) < 4.78 is 10.2. The second-order valence-electron chi connectivity index (χ2n) is 4.20. The fourth-order valence-corrected chi connectivity index (χ4v) is 1.92. The molecule has 6 nitrogen and oxygen atoms in total. The van der Waals surface area contributed by atoms with Crippen LogP contribution in [0.25, 0.3) is 11.0 Å². The van der Waals surface area contributed by atoms with Gasteiger partial charge in [-0.2, -0.15) is 0 Å². The van der Waals surface area contributed by atoms with E-state index >= 15 is 0 Å². The van der Waals surface area contributed by atoms with E-state index in [2.05, 4.69) is 0 Å². The molecular formula is C14H13NO5. The number of benzene rings is 1. The minimum absolute atomic E-state index is 0.0948. The van der Waals surface area contributed by atoms with E-state index < -0.39 is 17.4 Å². The van der Waals surface area contributed by atoms with Gasteiger partial charge >= 0.3 is 5.63 Å². The van der Waals surface area contributed by atoms with E-state index in [1.54, 1.807) is 18.2 Å². The fraction of sp³-hybridized carbons (Fsp3) is 0.214. The Balaban J connectivity index is 2.67. The molecule has 0 spiro atoms. The molecule has 0 saturated heterocycles. The Kier molecular flexibility index (Phi) is 3.56. The maximum absolute atomic E-state index is 11.9. The average Bonchev–Trinajstić information content (AvgIpc) is 2.38. The predicted molar refractivity (Wildman–Crippen MR) is 72.9 cm³/mol. The quantitative estimate of drug-likeness (QED) is 0.780. The van der Waals surface area contributed by atoms with Crippen LogP contribution in [-0.4, -0.2) is 18.9 Å². The van der Waals surface area contributed by atoms with E-state index in [9.17, 15) is 14.4 Å². The van der Waals surface area contributed by atoms with Crippen molar-refractivity contribution in [2.45, 2.75) is 13.8 Å². The number of rotatable bonds is 2. The number of anilines is 1. The summed E-state index contributed by atoms with van der Waals surface area (Å²) in [5.41, 5.74) is -0.524. The molecule has 0 aliphatic heterocycles. The van der Waals surface area contributed by atoms with Gasteiger partial charge in [-0.05, 0) is 18.2 Å². The second-order valence-corrected chi connectivity index (χ2v) is 4.20. The first-order valence-corrected chi connectivity index (χ1v) is 5.87. The second kappa shape index (κ2) is 5.16. The number of carbonyl (C=O) groups excluding carboxylic acids is 2. The van der Waals surface area contributed by atoms with E-state index in [1.807, 2.05) is 0 Å². The first kappa shape index (κ1) is 13.8. The molecular weight excluding hydrogens is 262 g/mol. The number of carbonyl (C=O) groups is 2. The largest absolute Gasteiger partial charge is 0.497 e. The van der Waals surface area contributed by atoms with Crippen molar-refractivity contribution in [1.29, 1.82) is 0 Å². The predicted octanol–water partition coefficient (Wildman–Crippen LogP) is 1.70. The van der Waals surface area contributed by atoms with E-state index in [0.717, 1.165) is 4.90 Å². The van der Waals surface area contributed by atoms with Crippen molar-refractivity contribution in [1.82, 2.24) is 0 Å². The van der Waals surface area contributed by atoms with Crippen molar-refractivity contribution in [3.8, 4) is 5.75 Å². The molecule has 2 amide bonds. The Morgan fingerprint density at radius 2 is 1.80 bits per heavy atom. The van der Waals surface area contributed by atoms with Gasteiger partial charge in [-0.3, -0.25) is 9.59 Å². The number of hydrogen-bond acceptors (Lipinski definition) is 5. The van der Waals surface area contributed by atoms with Gasteiger partial charge in [-0.25, -0.2) is 9.69 Å². The monoisotopic (exact) mass is 275 g/mol. The number of nitrogens with zero attached hydrogens (tertiary/aromatic N) is 1. The normalized spacial score (nSPS) is 10.3. The lowest BCUT2D eigenvalue weighted by Crippen LogP contribution is -2.36. The molecule has 1 heterocycles. The number of amides is 2. The highest BCUT2D eigenvalue weighted by Gasteiger charge is 2.21. The molecule has 2 aromatic rings. The highest BCUT2D eigenvalue weighted by atomic mass is 16.5. The lowest BCUT2D eigenvalue weighted by molar-refractivity contribution is -0.124. The number of methoxy groups -OCH3 is 1. The summed E-state index contributed by atoms with van der Waals surface area (Å²) in [4.78, 5) is 35.7. The van der Waals surface area contributed by atoms with Crippen molar-refractivity contribution in [3.63, 3.8) is 0 Å².